The van der Waals surface area contributed by atoms with Crippen LogP contribution in [0.5, 0.6) is 17.2 Å². The summed E-state index contributed by atoms with van der Waals surface area (Å²) in [5, 5.41) is 4.46. The molecule has 154 valence electrons. The first-order chi connectivity index (χ1) is 13.9. The molecule has 3 rings (SSSR count). The third-order valence-corrected chi connectivity index (χ3v) is 4.53. The molecule has 0 N–H and O–H groups in total. The number of ether oxygens (including phenoxy) is 3. The highest BCUT2D eigenvalue weighted by molar-refractivity contribution is 7.71. The van der Waals surface area contributed by atoms with Crippen molar-refractivity contribution in [2.75, 3.05) is 28.4 Å². The van der Waals surface area contributed by atoms with Crippen molar-refractivity contribution in [3.63, 3.8) is 0 Å². The summed E-state index contributed by atoms with van der Waals surface area (Å²) in [7, 11) is 6.50. The van der Waals surface area contributed by atoms with E-state index in [4.69, 9.17) is 30.8 Å². The van der Waals surface area contributed by atoms with E-state index < -0.39 is 0 Å². The SMILES string of the molecule is COc1cc(-c2nn(CN(C)Cc3cccc(F)c3)c(=S)o2)cc(OC)c1OC. The van der Waals surface area contributed by atoms with Gasteiger partial charge in [-0.05, 0) is 49.1 Å². The zero-order valence-corrected chi connectivity index (χ0v) is 17.5. The Hall–Kier alpha value is -2.91. The first kappa shape index (κ1) is 20.8. The summed E-state index contributed by atoms with van der Waals surface area (Å²) in [6.45, 7) is 0.912. The molecule has 0 atom stereocenters. The topological polar surface area (TPSA) is 61.9 Å². The summed E-state index contributed by atoms with van der Waals surface area (Å²) in [6.07, 6.45) is 0. The Bertz CT molecular complexity index is 1030. The lowest BCUT2D eigenvalue weighted by Crippen LogP contribution is -2.22. The number of hydrogen-bond donors (Lipinski definition) is 0. The molecule has 0 unspecified atom stereocenters. The van der Waals surface area contributed by atoms with Gasteiger partial charge in [-0.15, -0.1) is 5.10 Å². The molecule has 7 nitrogen and oxygen atoms in total. The summed E-state index contributed by atoms with van der Waals surface area (Å²) in [5.41, 5.74) is 1.49. The lowest BCUT2D eigenvalue weighted by Gasteiger charge is -2.16. The van der Waals surface area contributed by atoms with Crippen molar-refractivity contribution < 1.29 is 23.0 Å². The van der Waals surface area contributed by atoms with Crippen LogP contribution in [0.2, 0.25) is 0 Å². The minimum absolute atomic E-state index is 0.222. The largest absolute Gasteiger partial charge is 0.493 e. The molecule has 0 amide bonds. The Morgan fingerprint density at radius 2 is 1.79 bits per heavy atom. The van der Waals surface area contributed by atoms with Gasteiger partial charge in [-0.25, -0.2) is 9.07 Å². The second kappa shape index (κ2) is 9.06. The average Bonchev–Trinajstić information content (AvgIpc) is 3.06. The van der Waals surface area contributed by atoms with Crippen LogP contribution in [0, 0.1) is 10.7 Å². The van der Waals surface area contributed by atoms with E-state index in [-0.39, 0.29) is 10.7 Å². The molecule has 0 aliphatic carbocycles. The molecule has 0 radical (unpaired) electrons. The van der Waals surface area contributed by atoms with Crippen LogP contribution in [0.25, 0.3) is 11.5 Å². The first-order valence-corrected chi connectivity index (χ1v) is 9.17. The second-order valence-corrected chi connectivity index (χ2v) is 6.72. The van der Waals surface area contributed by atoms with Crippen molar-refractivity contribution in [2.24, 2.45) is 0 Å². The predicted molar refractivity (Wildman–Crippen MR) is 108 cm³/mol. The van der Waals surface area contributed by atoms with Crippen molar-refractivity contribution in [2.45, 2.75) is 13.2 Å². The first-order valence-electron chi connectivity index (χ1n) is 8.76. The van der Waals surface area contributed by atoms with Gasteiger partial charge in [-0.1, -0.05) is 12.1 Å². The molecule has 0 fully saturated rings. The highest BCUT2D eigenvalue weighted by atomic mass is 32.1. The number of methoxy groups -OCH3 is 3. The number of rotatable bonds is 8. The smallest absolute Gasteiger partial charge is 0.288 e. The van der Waals surface area contributed by atoms with Crippen molar-refractivity contribution in [3.05, 3.63) is 52.6 Å². The molecule has 1 aromatic heterocycles. The van der Waals surface area contributed by atoms with Gasteiger partial charge in [-0.3, -0.25) is 4.90 Å². The number of halogens is 1. The number of hydrogen-bond acceptors (Lipinski definition) is 7. The molecular formula is C20H22FN3O4S. The zero-order valence-electron chi connectivity index (χ0n) is 16.6. The maximum Gasteiger partial charge on any atom is 0.288 e. The number of aromatic nitrogens is 2. The van der Waals surface area contributed by atoms with E-state index in [0.29, 0.717) is 41.9 Å². The minimum atomic E-state index is -0.265. The molecule has 29 heavy (non-hydrogen) atoms. The number of benzene rings is 2. The van der Waals surface area contributed by atoms with Gasteiger partial charge in [0, 0.05) is 12.1 Å². The van der Waals surface area contributed by atoms with Crippen molar-refractivity contribution in [1.82, 2.24) is 14.7 Å². The summed E-state index contributed by atoms with van der Waals surface area (Å²) in [4.78, 5) is 2.17. The fourth-order valence-corrected chi connectivity index (χ4v) is 3.12. The van der Waals surface area contributed by atoms with Crippen LogP contribution in [0.1, 0.15) is 5.56 Å². The van der Waals surface area contributed by atoms with Gasteiger partial charge in [0.05, 0.1) is 28.0 Å². The van der Waals surface area contributed by atoms with E-state index in [9.17, 15) is 4.39 Å². The van der Waals surface area contributed by atoms with Gasteiger partial charge in [-0.2, -0.15) is 0 Å². The van der Waals surface area contributed by atoms with Crippen LogP contribution in [0.3, 0.4) is 0 Å². The van der Waals surface area contributed by atoms with Gasteiger partial charge >= 0.3 is 0 Å². The monoisotopic (exact) mass is 419 g/mol. The van der Waals surface area contributed by atoms with E-state index in [0.717, 1.165) is 5.56 Å². The fraction of sp³-hybridized carbons (Fsp3) is 0.300. The Balaban J connectivity index is 1.84. The van der Waals surface area contributed by atoms with E-state index in [2.05, 4.69) is 5.10 Å². The highest BCUT2D eigenvalue weighted by Crippen LogP contribution is 2.40. The molecule has 0 bridgehead atoms. The summed E-state index contributed by atoms with van der Waals surface area (Å²) < 4.78 is 36.7. The molecule has 0 aliphatic heterocycles. The summed E-state index contributed by atoms with van der Waals surface area (Å²) in [6, 6.07) is 9.94. The van der Waals surface area contributed by atoms with E-state index in [1.54, 1.807) is 22.9 Å². The molecular weight excluding hydrogens is 397 g/mol. The third kappa shape index (κ3) is 4.75. The second-order valence-electron chi connectivity index (χ2n) is 6.37. The molecule has 0 spiro atoms. The van der Waals surface area contributed by atoms with Crippen molar-refractivity contribution in [3.8, 4) is 28.7 Å². The Morgan fingerprint density at radius 3 is 2.38 bits per heavy atom. The molecule has 3 aromatic rings. The van der Waals surface area contributed by atoms with Gasteiger partial charge in [0.1, 0.15) is 5.82 Å². The molecule has 0 aliphatic rings. The zero-order chi connectivity index (χ0) is 21.0. The average molecular weight is 419 g/mol. The maximum absolute atomic E-state index is 13.4. The Kier molecular flexibility index (Phi) is 6.50. The normalized spacial score (nSPS) is 11.0. The lowest BCUT2D eigenvalue weighted by molar-refractivity contribution is 0.240. The van der Waals surface area contributed by atoms with Crippen LogP contribution in [0.15, 0.2) is 40.8 Å². The van der Waals surface area contributed by atoms with Crippen molar-refractivity contribution >= 4 is 12.2 Å². The summed E-state index contributed by atoms with van der Waals surface area (Å²) >= 11 is 5.31. The highest BCUT2D eigenvalue weighted by Gasteiger charge is 2.18. The van der Waals surface area contributed by atoms with Crippen LogP contribution in [-0.2, 0) is 13.2 Å². The van der Waals surface area contributed by atoms with Gasteiger partial charge in [0.2, 0.25) is 11.6 Å². The van der Waals surface area contributed by atoms with Gasteiger partial charge in [0.15, 0.2) is 11.5 Å². The standard InChI is InChI=1S/C20H22FN3O4S/c1-23(11-13-6-5-7-15(21)8-13)12-24-20(29)28-19(22-24)14-9-16(25-2)18(27-4)17(10-14)26-3/h5-10H,11-12H2,1-4H3. The predicted octanol–water partition coefficient (Wildman–Crippen LogP) is 4.13. The maximum atomic E-state index is 13.4. The van der Waals surface area contributed by atoms with E-state index in [1.165, 1.54) is 33.5 Å². The molecule has 1 heterocycles. The lowest BCUT2D eigenvalue weighted by atomic mass is 10.2. The van der Waals surface area contributed by atoms with Crippen molar-refractivity contribution in [1.29, 1.82) is 0 Å². The van der Waals surface area contributed by atoms with Gasteiger partial charge in [0.25, 0.3) is 4.84 Å². The quantitative estimate of drug-likeness (QED) is 0.509. The van der Waals surface area contributed by atoms with E-state index in [1.807, 2.05) is 18.0 Å². The molecule has 0 saturated carbocycles. The van der Waals surface area contributed by atoms with Crippen LogP contribution < -0.4 is 14.2 Å². The van der Waals surface area contributed by atoms with Crippen LogP contribution >= 0.6 is 12.2 Å². The Morgan fingerprint density at radius 1 is 1.10 bits per heavy atom. The van der Waals surface area contributed by atoms with Crippen LogP contribution in [0.4, 0.5) is 4.39 Å². The van der Waals surface area contributed by atoms with E-state index >= 15 is 0 Å². The molecule has 2 aromatic carbocycles. The molecule has 0 saturated heterocycles. The summed E-state index contributed by atoms with van der Waals surface area (Å²) in [5.74, 6) is 1.51. The third-order valence-electron chi connectivity index (χ3n) is 4.23. The Labute approximate surface area is 173 Å². The van der Waals surface area contributed by atoms with Crippen LogP contribution in [-0.4, -0.2) is 43.1 Å². The fourth-order valence-electron chi connectivity index (χ4n) is 2.94. The molecule has 9 heteroatoms. The number of nitrogens with zero attached hydrogens (tertiary/aromatic N) is 3. The van der Waals surface area contributed by atoms with Gasteiger partial charge < -0.3 is 18.6 Å². The minimum Gasteiger partial charge on any atom is -0.493 e.